The van der Waals surface area contributed by atoms with Crippen molar-refractivity contribution in [3.8, 4) is 0 Å². The molecule has 0 N–H and O–H groups in total. The molecule has 1 aromatic rings. The third kappa shape index (κ3) is 1.74. The van der Waals surface area contributed by atoms with Gasteiger partial charge in [-0.1, -0.05) is 17.7 Å². The van der Waals surface area contributed by atoms with Crippen LogP contribution in [-0.2, 0) is 0 Å². The highest BCUT2D eigenvalue weighted by Gasteiger charge is 2.50. The third-order valence-electron chi connectivity index (χ3n) is 4.50. The zero-order chi connectivity index (χ0) is 12.8. The number of hydrogen-bond acceptors (Lipinski definition) is 2. The second-order valence-corrected chi connectivity index (χ2v) is 5.78. The number of aryl methyl sites for hydroxylation is 1. The van der Waals surface area contributed by atoms with Crippen molar-refractivity contribution in [3.63, 3.8) is 0 Å². The lowest BCUT2D eigenvalue weighted by molar-refractivity contribution is -0.00728. The Morgan fingerprint density at radius 2 is 1.89 bits per heavy atom. The molecule has 2 saturated heterocycles. The fraction of sp³-hybridized carbons (Fsp3) is 0.533. The molecular weight excluding hydrogens is 224 g/mol. The number of hydrogen-bond donors (Lipinski definition) is 0. The average Bonchev–Trinajstić information content (AvgIpc) is 2.69. The van der Waals surface area contributed by atoms with E-state index in [0.717, 1.165) is 18.7 Å². The van der Waals surface area contributed by atoms with E-state index >= 15 is 0 Å². The number of nitrogens with zero attached hydrogens (tertiary/aromatic N) is 2. The standard InChI is InChI=1S/C15H20N2O/c1-12-4-6-13(7-5-12)14(18)17-10-15(11-17)8-3-9-16(15)2/h4-7H,3,8-11H2,1-2H3. The van der Waals surface area contributed by atoms with Crippen LogP contribution < -0.4 is 0 Å². The molecule has 2 heterocycles. The fourth-order valence-corrected chi connectivity index (χ4v) is 3.16. The molecule has 2 fully saturated rings. The number of amides is 1. The molecule has 0 unspecified atom stereocenters. The summed E-state index contributed by atoms with van der Waals surface area (Å²) in [6.45, 7) is 5.01. The van der Waals surface area contributed by atoms with Gasteiger partial charge in [-0.25, -0.2) is 0 Å². The zero-order valence-corrected chi connectivity index (χ0v) is 11.1. The van der Waals surface area contributed by atoms with E-state index in [0.29, 0.717) is 5.54 Å². The first-order valence-electron chi connectivity index (χ1n) is 6.68. The smallest absolute Gasteiger partial charge is 0.253 e. The molecule has 3 nitrogen and oxygen atoms in total. The number of benzene rings is 1. The Morgan fingerprint density at radius 1 is 1.22 bits per heavy atom. The summed E-state index contributed by atoms with van der Waals surface area (Å²) in [6.07, 6.45) is 2.50. The summed E-state index contributed by atoms with van der Waals surface area (Å²) in [6, 6.07) is 7.87. The largest absolute Gasteiger partial charge is 0.335 e. The Morgan fingerprint density at radius 3 is 2.44 bits per heavy atom. The lowest BCUT2D eigenvalue weighted by Crippen LogP contribution is -2.68. The first-order valence-corrected chi connectivity index (χ1v) is 6.68. The third-order valence-corrected chi connectivity index (χ3v) is 4.50. The zero-order valence-electron chi connectivity index (χ0n) is 11.1. The van der Waals surface area contributed by atoms with Crippen molar-refractivity contribution in [2.24, 2.45) is 0 Å². The van der Waals surface area contributed by atoms with E-state index in [2.05, 4.69) is 11.9 Å². The SMILES string of the molecule is Cc1ccc(C(=O)N2CC3(CCCN3C)C2)cc1. The van der Waals surface area contributed by atoms with Crippen molar-refractivity contribution in [2.75, 3.05) is 26.7 Å². The van der Waals surface area contributed by atoms with Crippen LogP contribution in [0.4, 0.5) is 0 Å². The molecule has 0 bridgehead atoms. The normalized spacial score (nSPS) is 22.2. The average molecular weight is 244 g/mol. The summed E-state index contributed by atoms with van der Waals surface area (Å²) >= 11 is 0. The summed E-state index contributed by atoms with van der Waals surface area (Å²) in [5.41, 5.74) is 2.30. The van der Waals surface area contributed by atoms with Crippen LogP contribution in [0.1, 0.15) is 28.8 Å². The van der Waals surface area contributed by atoms with Crippen LogP contribution >= 0.6 is 0 Å². The molecule has 2 aliphatic heterocycles. The first-order chi connectivity index (χ1) is 8.61. The van der Waals surface area contributed by atoms with E-state index in [1.165, 1.54) is 24.9 Å². The summed E-state index contributed by atoms with van der Waals surface area (Å²) < 4.78 is 0. The summed E-state index contributed by atoms with van der Waals surface area (Å²) in [7, 11) is 2.18. The molecule has 3 heteroatoms. The van der Waals surface area contributed by atoms with Gasteiger partial charge < -0.3 is 4.90 Å². The minimum absolute atomic E-state index is 0.181. The van der Waals surface area contributed by atoms with Crippen LogP contribution in [0.5, 0.6) is 0 Å². The van der Waals surface area contributed by atoms with Crippen molar-refractivity contribution >= 4 is 5.91 Å². The molecule has 0 atom stereocenters. The second-order valence-electron chi connectivity index (χ2n) is 5.78. The molecule has 1 spiro atoms. The van der Waals surface area contributed by atoms with Gasteiger partial charge in [0.2, 0.25) is 0 Å². The van der Waals surface area contributed by atoms with Gasteiger partial charge in [0.05, 0.1) is 5.54 Å². The Hall–Kier alpha value is -1.35. The Bertz CT molecular complexity index is 460. The number of rotatable bonds is 1. The highest BCUT2D eigenvalue weighted by atomic mass is 16.2. The van der Waals surface area contributed by atoms with E-state index in [1.54, 1.807) is 0 Å². The number of likely N-dealkylation sites (tertiary alicyclic amines) is 2. The molecule has 0 radical (unpaired) electrons. The molecule has 18 heavy (non-hydrogen) atoms. The summed E-state index contributed by atoms with van der Waals surface area (Å²) in [5.74, 6) is 0.181. The van der Waals surface area contributed by atoms with E-state index in [4.69, 9.17) is 0 Å². The number of likely N-dealkylation sites (N-methyl/N-ethyl adjacent to an activating group) is 1. The molecule has 3 rings (SSSR count). The van der Waals surface area contributed by atoms with Gasteiger partial charge in [-0.2, -0.15) is 0 Å². The summed E-state index contributed by atoms with van der Waals surface area (Å²) in [5, 5.41) is 0. The van der Waals surface area contributed by atoms with Crippen molar-refractivity contribution in [1.29, 1.82) is 0 Å². The van der Waals surface area contributed by atoms with Gasteiger partial charge in [0.1, 0.15) is 0 Å². The van der Waals surface area contributed by atoms with Crippen molar-refractivity contribution in [2.45, 2.75) is 25.3 Å². The van der Waals surface area contributed by atoms with Gasteiger partial charge in [-0.05, 0) is 45.5 Å². The highest BCUT2D eigenvalue weighted by molar-refractivity contribution is 5.95. The Balaban J connectivity index is 1.68. The van der Waals surface area contributed by atoms with Gasteiger partial charge in [-0.3, -0.25) is 9.69 Å². The van der Waals surface area contributed by atoms with Crippen LogP contribution in [0, 0.1) is 6.92 Å². The van der Waals surface area contributed by atoms with Crippen LogP contribution in [0.15, 0.2) is 24.3 Å². The van der Waals surface area contributed by atoms with Gasteiger partial charge in [0.25, 0.3) is 5.91 Å². The van der Waals surface area contributed by atoms with Crippen LogP contribution in [0.25, 0.3) is 0 Å². The second kappa shape index (κ2) is 4.09. The molecular formula is C15H20N2O. The Kier molecular flexibility index (Phi) is 2.67. The lowest BCUT2D eigenvalue weighted by Gasteiger charge is -2.51. The topological polar surface area (TPSA) is 23.6 Å². The molecule has 1 aromatic carbocycles. The van der Waals surface area contributed by atoms with Crippen molar-refractivity contribution in [3.05, 3.63) is 35.4 Å². The van der Waals surface area contributed by atoms with E-state index in [9.17, 15) is 4.79 Å². The minimum atomic E-state index is 0.181. The molecule has 2 aliphatic rings. The quantitative estimate of drug-likeness (QED) is 0.753. The van der Waals surface area contributed by atoms with Crippen molar-refractivity contribution < 1.29 is 4.79 Å². The Labute approximate surface area is 108 Å². The van der Waals surface area contributed by atoms with Gasteiger partial charge in [-0.15, -0.1) is 0 Å². The van der Waals surface area contributed by atoms with Crippen LogP contribution in [-0.4, -0.2) is 47.9 Å². The maximum absolute atomic E-state index is 12.3. The first kappa shape index (κ1) is 11.7. The van der Waals surface area contributed by atoms with Crippen LogP contribution in [0.3, 0.4) is 0 Å². The maximum atomic E-state index is 12.3. The lowest BCUT2D eigenvalue weighted by atomic mass is 9.86. The van der Waals surface area contributed by atoms with Crippen molar-refractivity contribution in [1.82, 2.24) is 9.80 Å². The predicted octanol–water partition coefficient (Wildman–Crippen LogP) is 1.92. The molecule has 0 saturated carbocycles. The summed E-state index contributed by atoms with van der Waals surface area (Å²) in [4.78, 5) is 16.7. The minimum Gasteiger partial charge on any atom is -0.335 e. The van der Waals surface area contributed by atoms with E-state index in [-0.39, 0.29) is 5.91 Å². The van der Waals surface area contributed by atoms with E-state index in [1.807, 2.05) is 36.1 Å². The van der Waals surface area contributed by atoms with Crippen LogP contribution in [0.2, 0.25) is 0 Å². The predicted molar refractivity (Wildman–Crippen MR) is 71.7 cm³/mol. The molecule has 0 aromatic heterocycles. The van der Waals surface area contributed by atoms with E-state index < -0.39 is 0 Å². The van der Waals surface area contributed by atoms with Gasteiger partial charge in [0, 0.05) is 18.7 Å². The van der Waals surface area contributed by atoms with Gasteiger partial charge >= 0.3 is 0 Å². The fourth-order valence-electron chi connectivity index (χ4n) is 3.16. The maximum Gasteiger partial charge on any atom is 0.253 e. The molecule has 1 amide bonds. The monoisotopic (exact) mass is 244 g/mol. The van der Waals surface area contributed by atoms with Gasteiger partial charge in [0.15, 0.2) is 0 Å². The molecule has 0 aliphatic carbocycles. The number of carbonyl (C=O) groups is 1. The molecule has 96 valence electrons. The highest BCUT2D eigenvalue weighted by Crippen LogP contribution is 2.36. The number of carbonyl (C=O) groups excluding carboxylic acids is 1.